The Balaban J connectivity index is 1.54. The molecular formula is C18H26N6O2S. The van der Waals surface area contributed by atoms with Crippen molar-refractivity contribution < 1.29 is 8.42 Å². The molecule has 0 unspecified atom stereocenters. The van der Waals surface area contributed by atoms with Crippen LogP contribution in [0.3, 0.4) is 0 Å². The van der Waals surface area contributed by atoms with E-state index in [1.807, 2.05) is 18.2 Å². The highest BCUT2D eigenvalue weighted by atomic mass is 32.2. The van der Waals surface area contributed by atoms with Crippen LogP contribution in [0.1, 0.15) is 31.4 Å². The van der Waals surface area contributed by atoms with Crippen LogP contribution in [0.5, 0.6) is 0 Å². The average Bonchev–Trinajstić information content (AvgIpc) is 3.21. The summed E-state index contributed by atoms with van der Waals surface area (Å²) in [6.07, 6.45) is 3.54. The van der Waals surface area contributed by atoms with E-state index in [4.69, 9.17) is 0 Å². The highest BCUT2D eigenvalue weighted by Crippen LogP contribution is 2.29. The second kappa shape index (κ2) is 7.29. The third-order valence-electron chi connectivity index (χ3n) is 5.55. The smallest absolute Gasteiger partial charge is 0.153 e. The lowest BCUT2D eigenvalue weighted by atomic mass is 10.0. The van der Waals surface area contributed by atoms with Gasteiger partial charge in [-0.15, -0.1) is 10.2 Å². The summed E-state index contributed by atoms with van der Waals surface area (Å²) < 4.78 is 26.9. The van der Waals surface area contributed by atoms with Gasteiger partial charge in [0.25, 0.3) is 0 Å². The molecule has 2 aliphatic rings. The highest BCUT2D eigenvalue weighted by molar-refractivity contribution is 7.91. The fraction of sp³-hybridized carbons (Fsp3) is 0.611. The predicted octanol–water partition coefficient (Wildman–Crippen LogP) is 0.737. The van der Waals surface area contributed by atoms with Crippen molar-refractivity contribution in [2.75, 3.05) is 24.6 Å². The summed E-state index contributed by atoms with van der Waals surface area (Å²) in [6.45, 7) is 7.15. The molecule has 0 radical (unpaired) electrons. The van der Waals surface area contributed by atoms with Gasteiger partial charge in [0, 0.05) is 44.0 Å². The number of hydrogen-bond acceptors (Lipinski definition) is 7. The second-order valence-corrected chi connectivity index (χ2v) is 9.88. The molecule has 2 atom stereocenters. The first kappa shape index (κ1) is 18.5. The zero-order chi connectivity index (χ0) is 19.0. The lowest BCUT2D eigenvalue weighted by Gasteiger charge is -2.43. The average molecular weight is 391 g/mol. The molecule has 0 aliphatic carbocycles. The van der Waals surface area contributed by atoms with Crippen LogP contribution in [-0.4, -0.2) is 74.6 Å². The van der Waals surface area contributed by atoms with E-state index in [2.05, 4.69) is 43.4 Å². The summed E-state index contributed by atoms with van der Waals surface area (Å²) in [5.41, 5.74) is 0.980. The summed E-state index contributed by atoms with van der Waals surface area (Å²) >= 11 is 0. The Bertz CT molecular complexity index is 882. The maximum atomic E-state index is 12.4. The molecule has 4 heterocycles. The molecule has 0 N–H and O–H groups in total. The number of piperazine rings is 1. The second-order valence-electron chi connectivity index (χ2n) is 7.72. The first-order valence-electron chi connectivity index (χ1n) is 9.40. The zero-order valence-corrected chi connectivity index (χ0v) is 16.6. The minimum atomic E-state index is -3.04. The summed E-state index contributed by atoms with van der Waals surface area (Å²) in [5, 5.41) is 8.31. The molecule has 0 aromatic carbocycles. The van der Waals surface area contributed by atoms with Crippen molar-refractivity contribution in [3.8, 4) is 0 Å². The number of rotatable bonds is 5. The van der Waals surface area contributed by atoms with E-state index >= 15 is 0 Å². The summed E-state index contributed by atoms with van der Waals surface area (Å²) in [6, 6.07) is 6.14. The fourth-order valence-corrected chi connectivity index (χ4v) is 6.22. The molecule has 0 saturated carbocycles. The van der Waals surface area contributed by atoms with Gasteiger partial charge in [-0.2, -0.15) is 0 Å². The van der Waals surface area contributed by atoms with Crippen molar-refractivity contribution in [3.63, 3.8) is 0 Å². The van der Waals surface area contributed by atoms with Gasteiger partial charge in [0.05, 0.1) is 23.7 Å². The first-order valence-corrected chi connectivity index (χ1v) is 11.2. The number of hydrogen-bond donors (Lipinski definition) is 0. The van der Waals surface area contributed by atoms with Crippen LogP contribution in [0.25, 0.3) is 0 Å². The van der Waals surface area contributed by atoms with Crippen molar-refractivity contribution in [2.24, 2.45) is 0 Å². The van der Waals surface area contributed by atoms with Crippen molar-refractivity contribution in [3.05, 3.63) is 42.2 Å². The molecule has 0 spiro atoms. The molecule has 0 amide bonds. The Labute approximate surface area is 160 Å². The molecule has 2 aliphatic heterocycles. The van der Waals surface area contributed by atoms with E-state index in [0.717, 1.165) is 24.6 Å². The van der Waals surface area contributed by atoms with Gasteiger partial charge in [0.2, 0.25) is 0 Å². The molecule has 0 bridgehead atoms. The van der Waals surface area contributed by atoms with E-state index < -0.39 is 9.84 Å². The van der Waals surface area contributed by atoms with Crippen LogP contribution in [0.2, 0.25) is 0 Å². The van der Waals surface area contributed by atoms with Crippen LogP contribution < -0.4 is 0 Å². The molecule has 4 rings (SSSR count). The topological polar surface area (TPSA) is 84.2 Å². The molecular weight excluding hydrogens is 364 g/mol. The number of pyridine rings is 1. The van der Waals surface area contributed by atoms with Gasteiger partial charge in [0.15, 0.2) is 9.84 Å². The van der Waals surface area contributed by atoms with Gasteiger partial charge < -0.3 is 4.57 Å². The van der Waals surface area contributed by atoms with Crippen molar-refractivity contribution >= 4 is 9.84 Å². The van der Waals surface area contributed by atoms with Crippen LogP contribution in [0, 0.1) is 0 Å². The largest absolute Gasteiger partial charge is 0.314 e. The number of fused-ring (bicyclic) bond motifs is 1. The number of nitrogens with zero attached hydrogens (tertiary/aromatic N) is 6. The van der Waals surface area contributed by atoms with Crippen LogP contribution in [0.15, 0.2) is 30.7 Å². The van der Waals surface area contributed by atoms with E-state index in [-0.39, 0.29) is 29.6 Å². The molecule has 2 fully saturated rings. The quantitative estimate of drug-likeness (QED) is 0.744. The monoisotopic (exact) mass is 390 g/mol. The molecule has 146 valence electrons. The minimum Gasteiger partial charge on any atom is -0.314 e. The highest BCUT2D eigenvalue weighted by Gasteiger charge is 2.46. The van der Waals surface area contributed by atoms with Gasteiger partial charge >= 0.3 is 0 Å². The number of sulfone groups is 1. The Morgan fingerprint density at radius 1 is 1.11 bits per heavy atom. The zero-order valence-electron chi connectivity index (χ0n) is 15.8. The minimum absolute atomic E-state index is 0.00109. The summed E-state index contributed by atoms with van der Waals surface area (Å²) in [7, 11) is -3.04. The summed E-state index contributed by atoms with van der Waals surface area (Å²) in [5.74, 6) is 1.33. The fourth-order valence-electron chi connectivity index (χ4n) is 4.18. The van der Waals surface area contributed by atoms with Crippen LogP contribution >= 0.6 is 0 Å². The van der Waals surface area contributed by atoms with E-state index in [0.29, 0.717) is 13.1 Å². The molecule has 2 saturated heterocycles. The van der Waals surface area contributed by atoms with Crippen LogP contribution in [-0.2, 0) is 22.9 Å². The van der Waals surface area contributed by atoms with E-state index in [9.17, 15) is 8.42 Å². The lowest BCUT2D eigenvalue weighted by molar-refractivity contribution is 0.0324. The standard InChI is InChI=1S/C18H26N6O2S/c1-14(2)24-13-20-21-18(24)10-23-8-7-22(9-15-5-3-4-6-19-15)16-11-27(25,26)12-17(16)23/h3-6,13-14,16-17H,7-12H2,1-2H3/t16-,17+/m1/s1. The molecule has 9 heteroatoms. The van der Waals surface area contributed by atoms with Crippen molar-refractivity contribution in [1.82, 2.24) is 29.5 Å². The Morgan fingerprint density at radius 3 is 2.44 bits per heavy atom. The molecule has 8 nitrogen and oxygen atoms in total. The first-order chi connectivity index (χ1) is 12.9. The molecule has 2 aromatic heterocycles. The molecule has 27 heavy (non-hydrogen) atoms. The SMILES string of the molecule is CC(C)n1cnnc1CN1CCN(Cc2ccccn2)[C@@H]2CS(=O)(=O)C[C@@H]21. The van der Waals surface area contributed by atoms with Crippen molar-refractivity contribution in [2.45, 2.75) is 45.1 Å². The van der Waals surface area contributed by atoms with E-state index in [1.165, 1.54) is 0 Å². The predicted molar refractivity (Wildman–Crippen MR) is 102 cm³/mol. The third kappa shape index (κ3) is 3.90. The normalized spacial score (nSPS) is 25.7. The van der Waals surface area contributed by atoms with Crippen LogP contribution in [0.4, 0.5) is 0 Å². The van der Waals surface area contributed by atoms with Gasteiger partial charge in [-0.1, -0.05) is 6.07 Å². The van der Waals surface area contributed by atoms with Gasteiger partial charge in [-0.05, 0) is 26.0 Å². The van der Waals surface area contributed by atoms with Gasteiger partial charge in [-0.25, -0.2) is 8.42 Å². The maximum Gasteiger partial charge on any atom is 0.153 e. The Morgan fingerprint density at radius 2 is 1.81 bits per heavy atom. The lowest BCUT2D eigenvalue weighted by Crippen LogP contribution is -2.58. The molecule has 2 aromatic rings. The Hall–Kier alpha value is -1.84. The van der Waals surface area contributed by atoms with Crippen molar-refractivity contribution in [1.29, 1.82) is 0 Å². The van der Waals surface area contributed by atoms with Gasteiger partial charge in [0.1, 0.15) is 12.2 Å². The van der Waals surface area contributed by atoms with Gasteiger partial charge in [-0.3, -0.25) is 14.8 Å². The number of aromatic nitrogens is 4. The maximum absolute atomic E-state index is 12.4. The Kier molecular flexibility index (Phi) is 5.00. The van der Waals surface area contributed by atoms with E-state index in [1.54, 1.807) is 12.5 Å². The third-order valence-corrected chi connectivity index (χ3v) is 7.24. The summed E-state index contributed by atoms with van der Waals surface area (Å²) in [4.78, 5) is 8.96.